The molecule has 2 aliphatic heterocycles. The number of amides is 13. The van der Waals surface area contributed by atoms with Crippen LogP contribution in [0.2, 0.25) is 0 Å². The van der Waals surface area contributed by atoms with E-state index in [1.54, 1.807) is 116 Å². The average molecular weight is 1460 g/mol. The summed E-state index contributed by atoms with van der Waals surface area (Å²) in [4.78, 5) is 211. The Morgan fingerprint density at radius 2 is 1.04 bits per heavy atom. The van der Waals surface area contributed by atoms with Crippen molar-refractivity contribution >= 4 is 88.7 Å². The van der Waals surface area contributed by atoms with Crippen LogP contribution >= 0.6 is 0 Å². The lowest BCUT2D eigenvalue weighted by atomic mass is 9.92. The number of benzene rings is 2. The first-order chi connectivity index (χ1) is 48.9. The van der Waals surface area contributed by atoms with Gasteiger partial charge in [0.1, 0.15) is 73.1 Å². The van der Waals surface area contributed by atoms with Crippen LogP contribution in [0.15, 0.2) is 65.7 Å². The monoisotopic (exact) mass is 1460 g/mol. The molecule has 2 unspecified atom stereocenters. The standard InChI is InChI=1S/C72H112N16O16/c1-15-44(8)60(86(13)66(97)54(39-56(74)90)83(10)69(100)58(42(4)5)84(11)64(95)49(78-57(91)40-104-14)36-45-25-18-16-19-26-45)70(101)85(12)59(43(6)7)68(99)82(9)53(35-41(2)3)63(94)80-48(38-55(73)89)61(92)81-50(37-46-27-20-17-21-28-46)65(96)88-34-24-31-52(88)67(98)87-33-23-30-51(87)62(93)79-47(71(102)103)29-22-32-77-72(75)76/h16-21,25-28,41-44,47-54,58-60H,15,22-24,29-40H2,1-14H3,(H2,73,89)(H2,74,90)(H,78,91)(H,79,93)(H,80,94)(H,81,92)(H,102,103)(H4,75,76,77)/t44-,47+,48+,49-,50-,51+,52+,53+,54?,58+,59+,60?/m1/s1. The number of hydrogen-bond acceptors (Lipinski definition) is 16. The smallest absolute Gasteiger partial charge is 0.326 e. The summed E-state index contributed by atoms with van der Waals surface area (Å²) in [5.41, 5.74) is 23.6. The number of carboxylic acids is 1. The SMILES string of the molecule is CC[C@@H](C)C(C(=O)N(C)[C@H](C(=O)N(C)[C@@H](CC(C)C)C(=O)N[C@@H](CC(N)=O)C(=O)N[C@H](Cc1ccccc1)C(=O)N1CCC[C@H]1C(=O)N1CCC[C@H]1C(=O)N[C@@H](CCCN=C(N)N)C(=O)O)C(C)C)N(C)C(=O)C(CC(N)=O)N(C)C(=O)[C@H](C(C)C)N(C)C(=O)[C@@H](Cc1ccccc1)NC(=O)COC. The van der Waals surface area contributed by atoms with E-state index >= 15 is 19.2 Å². The predicted molar refractivity (Wildman–Crippen MR) is 386 cm³/mol. The van der Waals surface area contributed by atoms with E-state index in [9.17, 15) is 53.1 Å². The van der Waals surface area contributed by atoms with Gasteiger partial charge in [0.25, 0.3) is 0 Å². The third-order valence-electron chi connectivity index (χ3n) is 19.2. The fraction of sp³-hybridized carbons (Fsp3) is 0.625. The Hall–Kier alpha value is -9.75. The van der Waals surface area contributed by atoms with E-state index in [0.717, 1.165) is 14.7 Å². The minimum absolute atomic E-state index is 0.00666. The van der Waals surface area contributed by atoms with Gasteiger partial charge in [-0.2, -0.15) is 0 Å². The number of likely N-dealkylation sites (N-methyl/N-ethyl adjacent to an activating group) is 5. The van der Waals surface area contributed by atoms with E-state index in [4.69, 9.17) is 27.7 Å². The van der Waals surface area contributed by atoms with Gasteiger partial charge in [0.05, 0.1) is 12.8 Å². The van der Waals surface area contributed by atoms with Crippen LogP contribution in [0.4, 0.5) is 0 Å². The highest BCUT2D eigenvalue weighted by Gasteiger charge is 2.48. The summed E-state index contributed by atoms with van der Waals surface area (Å²) in [6.45, 7) is 13.7. The maximum Gasteiger partial charge on any atom is 0.326 e. The molecule has 0 bridgehead atoms. The van der Waals surface area contributed by atoms with Gasteiger partial charge in [0, 0.05) is 74.8 Å². The zero-order valence-electron chi connectivity index (χ0n) is 62.7. The van der Waals surface area contributed by atoms with Crippen molar-refractivity contribution in [2.45, 2.75) is 199 Å². The molecule has 2 heterocycles. The molecule has 104 heavy (non-hydrogen) atoms. The van der Waals surface area contributed by atoms with Gasteiger partial charge in [-0.1, -0.05) is 122 Å². The number of aliphatic imine (C=N–C) groups is 1. The fourth-order valence-corrected chi connectivity index (χ4v) is 13.5. The van der Waals surface area contributed by atoms with Crippen molar-refractivity contribution in [1.29, 1.82) is 0 Å². The topological polar surface area (TPSA) is 456 Å². The normalized spacial score (nSPS) is 17.1. The van der Waals surface area contributed by atoms with Crippen LogP contribution in [0.1, 0.15) is 131 Å². The molecule has 2 aromatic carbocycles. The number of nitrogens with two attached hydrogens (primary N) is 4. The average Bonchev–Trinajstić information content (AvgIpc) is 1.29. The van der Waals surface area contributed by atoms with Crippen LogP contribution in [-0.4, -0.2) is 263 Å². The Labute approximate surface area is 609 Å². The van der Waals surface area contributed by atoms with Crippen LogP contribution in [-0.2, 0) is 84.7 Å². The number of aliphatic carboxylic acids is 1. The maximum atomic E-state index is 15.3. The van der Waals surface area contributed by atoms with E-state index in [-0.39, 0.29) is 83.1 Å². The molecular formula is C72H112N16O16. The third kappa shape index (κ3) is 24.2. The van der Waals surface area contributed by atoms with Crippen molar-refractivity contribution in [3.05, 3.63) is 71.8 Å². The van der Waals surface area contributed by atoms with Crippen molar-refractivity contribution in [3.63, 3.8) is 0 Å². The van der Waals surface area contributed by atoms with E-state index in [0.29, 0.717) is 30.4 Å². The largest absolute Gasteiger partial charge is 0.480 e. The molecule has 0 saturated carbocycles. The highest BCUT2D eigenvalue weighted by molar-refractivity contribution is 6.01. The number of carbonyl (C=O) groups excluding carboxylic acids is 13. The molecule has 2 aliphatic rings. The van der Waals surface area contributed by atoms with Crippen LogP contribution in [0.25, 0.3) is 0 Å². The number of guanidine groups is 1. The molecule has 576 valence electrons. The van der Waals surface area contributed by atoms with Crippen LogP contribution in [0, 0.1) is 23.7 Å². The van der Waals surface area contributed by atoms with Crippen LogP contribution in [0.5, 0.6) is 0 Å². The second-order valence-electron chi connectivity index (χ2n) is 28.2. The van der Waals surface area contributed by atoms with Gasteiger partial charge < -0.3 is 88.3 Å². The van der Waals surface area contributed by atoms with Crippen LogP contribution in [0.3, 0.4) is 0 Å². The first-order valence-corrected chi connectivity index (χ1v) is 35.5. The fourth-order valence-electron chi connectivity index (χ4n) is 13.5. The van der Waals surface area contributed by atoms with E-state index in [1.807, 2.05) is 0 Å². The van der Waals surface area contributed by atoms with Gasteiger partial charge in [-0.25, -0.2) is 4.79 Å². The second-order valence-corrected chi connectivity index (χ2v) is 28.2. The highest BCUT2D eigenvalue weighted by Crippen LogP contribution is 2.29. The quantitative estimate of drug-likeness (QED) is 0.0230. The Balaban J connectivity index is 1.63. The molecule has 0 aromatic heterocycles. The van der Waals surface area contributed by atoms with Crippen molar-refractivity contribution in [2.75, 3.05) is 68.6 Å². The summed E-state index contributed by atoms with van der Waals surface area (Å²) in [6, 6.07) is 2.70. The summed E-state index contributed by atoms with van der Waals surface area (Å²) >= 11 is 0. The lowest BCUT2D eigenvalue weighted by molar-refractivity contribution is -0.158. The van der Waals surface area contributed by atoms with E-state index in [2.05, 4.69) is 26.3 Å². The number of nitrogens with zero attached hydrogens (tertiary/aromatic N) is 8. The molecule has 32 heteroatoms. The maximum absolute atomic E-state index is 15.3. The van der Waals surface area contributed by atoms with Crippen molar-refractivity contribution < 1.29 is 77.0 Å². The number of likely N-dealkylation sites (tertiary alicyclic amines) is 2. The molecule has 32 nitrogen and oxygen atoms in total. The van der Waals surface area contributed by atoms with Crippen molar-refractivity contribution in [3.8, 4) is 0 Å². The predicted octanol–water partition coefficient (Wildman–Crippen LogP) is -0.532. The molecule has 4 rings (SSSR count). The first kappa shape index (κ1) is 86.7. The number of carboxylic acid groups (broad SMARTS) is 1. The second kappa shape index (κ2) is 40.9. The number of primary amides is 2. The summed E-state index contributed by atoms with van der Waals surface area (Å²) in [7, 11) is 8.03. The summed E-state index contributed by atoms with van der Waals surface area (Å²) in [6.07, 6.45) is 0.0984. The number of nitrogens with one attached hydrogen (secondary N) is 4. The minimum Gasteiger partial charge on any atom is -0.480 e. The zero-order chi connectivity index (χ0) is 78.1. The molecule has 2 saturated heterocycles. The van der Waals surface area contributed by atoms with Gasteiger partial charge in [0.15, 0.2) is 5.96 Å². The number of ether oxygens (including phenoxy) is 1. The summed E-state index contributed by atoms with van der Waals surface area (Å²) in [5.74, 6) is -13.9. The van der Waals surface area contributed by atoms with Gasteiger partial charge in [0.2, 0.25) is 76.8 Å². The lowest BCUT2D eigenvalue weighted by Crippen LogP contribution is -2.63. The molecule has 0 radical (unpaired) electrons. The number of methoxy groups -OCH3 is 1. The number of hydrogen-bond donors (Lipinski definition) is 9. The molecule has 12 atom stereocenters. The molecule has 0 aliphatic carbocycles. The lowest BCUT2D eigenvalue weighted by Gasteiger charge is -2.42. The van der Waals surface area contributed by atoms with Crippen molar-refractivity contribution in [2.24, 2.45) is 51.6 Å². The van der Waals surface area contributed by atoms with E-state index < -0.39 is 180 Å². The number of rotatable bonds is 40. The summed E-state index contributed by atoms with van der Waals surface area (Å²) in [5, 5.41) is 20.5. The van der Waals surface area contributed by atoms with Crippen molar-refractivity contribution in [1.82, 2.24) is 55.6 Å². The Bertz CT molecular complexity index is 3350. The highest BCUT2D eigenvalue weighted by atomic mass is 16.5. The molecule has 0 spiro atoms. The Morgan fingerprint density at radius 3 is 1.53 bits per heavy atom. The summed E-state index contributed by atoms with van der Waals surface area (Å²) < 4.78 is 5.00. The van der Waals surface area contributed by atoms with E-state index in [1.165, 1.54) is 61.9 Å². The van der Waals surface area contributed by atoms with Gasteiger partial charge >= 0.3 is 5.97 Å². The number of carbonyl (C=O) groups is 14. The molecule has 2 aromatic rings. The zero-order valence-corrected chi connectivity index (χ0v) is 62.7. The Morgan fingerprint density at radius 1 is 0.558 bits per heavy atom. The molecule has 13 amide bonds. The van der Waals surface area contributed by atoms with Crippen LogP contribution < -0.4 is 44.2 Å². The minimum atomic E-state index is -1.75. The molecular weight excluding hydrogens is 1340 g/mol. The Kier molecular flexibility index (Phi) is 34.1. The van der Waals surface area contributed by atoms with Gasteiger partial charge in [-0.15, -0.1) is 0 Å². The molecule has 2 fully saturated rings. The molecule has 13 N–H and O–H groups in total. The first-order valence-electron chi connectivity index (χ1n) is 35.5. The van der Waals surface area contributed by atoms with Gasteiger partial charge in [-0.3, -0.25) is 67.3 Å². The third-order valence-corrected chi connectivity index (χ3v) is 19.2. The van der Waals surface area contributed by atoms with Gasteiger partial charge in [-0.05, 0) is 79.7 Å².